The molecule has 0 fully saturated rings. The first-order valence-electron chi connectivity index (χ1n) is 8.63. The first kappa shape index (κ1) is 16.2. The Labute approximate surface area is 162 Å². The van der Waals surface area contributed by atoms with Crippen LogP contribution in [0.2, 0.25) is 0 Å². The van der Waals surface area contributed by atoms with E-state index in [1.54, 1.807) is 7.11 Å². The minimum atomic E-state index is -0.0693. The molecule has 0 saturated heterocycles. The average Bonchev–Trinajstić information content (AvgIpc) is 3.33. The molecule has 0 amide bonds. The Morgan fingerprint density at radius 1 is 0.889 bits per heavy atom. The predicted molar refractivity (Wildman–Crippen MR) is 107 cm³/mol. The zero-order valence-corrected chi connectivity index (χ0v) is 16.4. The van der Waals surface area contributed by atoms with Gasteiger partial charge in [-0.05, 0) is 0 Å². The van der Waals surface area contributed by atoms with Crippen molar-refractivity contribution >= 4 is 37.0 Å². The quantitative estimate of drug-likeness (QED) is 0.417. The van der Waals surface area contributed by atoms with E-state index in [1.807, 2.05) is 30.3 Å². The van der Waals surface area contributed by atoms with Gasteiger partial charge in [0.05, 0.1) is 0 Å². The van der Waals surface area contributed by atoms with Gasteiger partial charge in [0.1, 0.15) is 0 Å². The van der Waals surface area contributed by atoms with Gasteiger partial charge in [-0.15, -0.1) is 0 Å². The molecule has 5 nitrogen and oxygen atoms in total. The van der Waals surface area contributed by atoms with Crippen LogP contribution in [0.1, 0.15) is 5.56 Å². The molecule has 0 aliphatic rings. The van der Waals surface area contributed by atoms with Crippen molar-refractivity contribution < 1.29 is 4.74 Å². The van der Waals surface area contributed by atoms with Gasteiger partial charge in [0, 0.05) is 0 Å². The van der Waals surface area contributed by atoms with Crippen molar-refractivity contribution in [1.82, 2.24) is 17.5 Å². The van der Waals surface area contributed by atoms with E-state index in [-0.39, 0.29) is 15.0 Å². The Bertz CT molecular complexity index is 1230. The first-order valence-corrected chi connectivity index (χ1v) is 10.2. The number of methoxy groups -OCH3 is 1. The van der Waals surface area contributed by atoms with Gasteiger partial charge < -0.3 is 0 Å². The van der Waals surface area contributed by atoms with E-state index in [0.717, 1.165) is 45.7 Å². The zero-order chi connectivity index (χ0) is 18.2. The van der Waals surface area contributed by atoms with Crippen molar-refractivity contribution in [1.29, 1.82) is 0 Å². The van der Waals surface area contributed by atoms with Crippen LogP contribution in [0.4, 0.5) is 0 Å². The standard InChI is InChI=1S/C21H16N4OSe/c1-26-16-9-7-15(8-10-16)21-22-20-18(12-11-17-19(20)24-27-23-17)25(21)13-14-5-3-2-4-6-14/h2-12H,13H2,1H3. The van der Waals surface area contributed by atoms with E-state index in [1.165, 1.54) is 5.56 Å². The average molecular weight is 419 g/mol. The summed E-state index contributed by atoms with van der Waals surface area (Å²) < 4.78 is 16.7. The van der Waals surface area contributed by atoms with E-state index in [2.05, 4.69) is 48.9 Å². The molecule has 27 heavy (non-hydrogen) atoms. The number of benzene rings is 3. The Kier molecular flexibility index (Phi) is 4.00. The summed E-state index contributed by atoms with van der Waals surface area (Å²) >= 11 is -0.0693. The number of hydrogen-bond acceptors (Lipinski definition) is 4. The van der Waals surface area contributed by atoms with Gasteiger partial charge >= 0.3 is 162 Å². The second-order valence-corrected chi connectivity index (χ2v) is 7.41. The molecule has 0 spiro atoms. The predicted octanol–water partition coefficient (Wildman–Crippen LogP) is 3.76. The summed E-state index contributed by atoms with van der Waals surface area (Å²) in [6, 6.07) is 22.6. The fourth-order valence-electron chi connectivity index (χ4n) is 3.32. The molecule has 0 aliphatic carbocycles. The van der Waals surface area contributed by atoms with Gasteiger partial charge in [-0.1, -0.05) is 0 Å². The maximum atomic E-state index is 5.30. The number of rotatable bonds is 4. The maximum absolute atomic E-state index is 5.30. The second kappa shape index (κ2) is 6.65. The molecule has 2 heterocycles. The normalized spacial score (nSPS) is 11.3. The van der Waals surface area contributed by atoms with E-state index in [9.17, 15) is 0 Å². The van der Waals surface area contributed by atoms with Gasteiger partial charge in [0.2, 0.25) is 0 Å². The summed E-state index contributed by atoms with van der Waals surface area (Å²) in [6.07, 6.45) is 0. The third-order valence-corrected chi connectivity index (χ3v) is 5.81. The molecule has 0 atom stereocenters. The number of ether oxygens (including phenoxy) is 1. The van der Waals surface area contributed by atoms with Crippen LogP contribution in [-0.4, -0.2) is 39.6 Å². The topological polar surface area (TPSA) is 52.8 Å². The third kappa shape index (κ3) is 2.83. The summed E-state index contributed by atoms with van der Waals surface area (Å²) in [5, 5.41) is 0. The fraction of sp³-hybridized carbons (Fsp3) is 0.0952. The van der Waals surface area contributed by atoms with Crippen molar-refractivity contribution in [3.05, 3.63) is 72.3 Å². The van der Waals surface area contributed by atoms with E-state index in [0.29, 0.717) is 0 Å². The van der Waals surface area contributed by atoms with Crippen molar-refractivity contribution in [3.8, 4) is 17.1 Å². The van der Waals surface area contributed by atoms with Crippen molar-refractivity contribution in [2.45, 2.75) is 6.54 Å². The van der Waals surface area contributed by atoms with E-state index in [4.69, 9.17) is 9.72 Å². The van der Waals surface area contributed by atoms with Crippen LogP contribution in [0.25, 0.3) is 33.5 Å². The summed E-state index contributed by atoms with van der Waals surface area (Å²) in [4.78, 5) is 4.98. The van der Waals surface area contributed by atoms with Crippen LogP contribution >= 0.6 is 0 Å². The summed E-state index contributed by atoms with van der Waals surface area (Å²) in [7, 11) is 1.68. The Hall–Kier alpha value is -2.95. The van der Waals surface area contributed by atoms with Gasteiger partial charge in [-0.3, -0.25) is 0 Å². The molecule has 2 aromatic heterocycles. The van der Waals surface area contributed by atoms with Gasteiger partial charge in [0.15, 0.2) is 0 Å². The van der Waals surface area contributed by atoms with Crippen molar-refractivity contribution in [3.63, 3.8) is 0 Å². The molecular weight excluding hydrogens is 403 g/mol. The molecule has 0 aliphatic heterocycles. The van der Waals surface area contributed by atoms with Gasteiger partial charge in [-0.25, -0.2) is 0 Å². The Balaban J connectivity index is 1.75. The van der Waals surface area contributed by atoms with Gasteiger partial charge in [0.25, 0.3) is 0 Å². The molecule has 0 unspecified atom stereocenters. The van der Waals surface area contributed by atoms with Crippen LogP contribution in [0.15, 0.2) is 66.7 Å². The van der Waals surface area contributed by atoms with Crippen LogP contribution in [0.5, 0.6) is 5.75 Å². The molecule has 0 N–H and O–H groups in total. The van der Waals surface area contributed by atoms with Crippen molar-refractivity contribution in [2.24, 2.45) is 0 Å². The summed E-state index contributed by atoms with van der Waals surface area (Å²) in [5.74, 6) is 1.77. The molecule has 6 heteroatoms. The molecule has 0 bridgehead atoms. The SMILES string of the molecule is COc1ccc(-c2nc3c4n[se]nc4ccc3n2Cc2ccccc2)cc1. The number of imidazole rings is 1. The molecular formula is C21H16N4OSe. The molecule has 0 radical (unpaired) electrons. The monoisotopic (exact) mass is 420 g/mol. The van der Waals surface area contributed by atoms with Crippen LogP contribution in [-0.2, 0) is 6.54 Å². The Morgan fingerprint density at radius 2 is 1.70 bits per heavy atom. The minimum absolute atomic E-state index is 0.0693. The van der Waals surface area contributed by atoms with E-state index >= 15 is 0 Å². The van der Waals surface area contributed by atoms with Gasteiger partial charge in [-0.2, -0.15) is 0 Å². The van der Waals surface area contributed by atoms with Crippen LogP contribution in [0.3, 0.4) is 0 Å². The molecule has 132 valence electrons. The zero-order valence-electron chi connectivity index (χ0n) is 14.7. The molecule has 0 saturated carbocycles. The molecule has 5 aromatic rings. The number of aromatic nitrogens is 4. The number of fused-ring (bicyclic) bond motifs is 3. The third-order valence-electron chi connectivity index (χ3n) is 4.68. The van der Waals surface area contributed by atoms with Crippen LogP contribution in [0, 0.1) is 0 Å². The first-order chi connectivity index (χ1) is 13.3. The summed E-state index contributed by atoms with van der Waals surface area (Å²) in [6.45, 7) is 0.750. The van der Waals surface area contributed by atoms with Crippen molar-refractivity contribution in [2.75, 3.05) is 7.11 Å². The van der Waals surface area contributed by atoms with E-state index < -0.39 is 0 Å². The van der Waals surface area contributed by atoms with Crippen LogP contribution < -0.4 is 4.74 Å². The number of nitrogens with zero attached hydrogens (tertiary/aromatic N) is 4. The number of hydrogen-bond donors (Lipinski definition) is 0. The fourth-order valence-corrected chi connectivity index (χ4v) is 4.45. The molecule has 3 aromatic carbocycles. The Morgan fingerprint density at radius 3 is 2.48 bits per heavy atom. The molecule has 5 rings (SSSR count). The summed E-state index contributed by atoms with van der Waals surface area (Å²) in [5.41, 5.74) is 6.18. The second-order valence-electron chi connectivity index (χ2n) is 6.30.